The summed E-state index contributed by atoms with van der Waals surface area (Å²) >= 11 is 0. The van der Waals surface area contributed by atoms with E-state index in [9.17, 15) is 14.4 Å². The summed E-state index contributed by atoms with van der Waals surface area (Å²) in [5.41, 5.74) is 5.56. The Hall–Kier alpha value is -5.31. The van der Waals surface area contributed by atoms with Crippen molar-refractivity contribution >= 4 is 34.8 Å². The van der Waals surface area contributed by atoms with Gasteiger partial charge in [-0.25, -0.2) is 19.7 Å². The quantitative estimate of drug-likeness (QED) is 0.128. The van der Waals surface area contributed by atoms with Crippen molar-refractivity contribution in [3.8, 4) is 16.9 Å². The average Bonchev–Trinajstić information content (AvgIpc) is 3.44. The molecule has 5 aromatic rings. The van der Waals surface area contributed by atoms with Crippen LogP contribution >= 0.6 is 0 Å². The Morgan fingerprint density at radius 1 is 0.881 bits per heavy atom. The maximum absolute atomic E-state index is 13.3. The summed E-state index contributed by atoms with van der Waals surface area (Å²) < 4.78 is 7.05. The second kappa shape index (κ2) is 10.9. The van der Waals surface area contributed by atoms with Crippen LogP contribution in [0.3, 0.4) is 0 Å². The van der Waals surface area contributed by atoms with Crippen LogP contribution in [0.2, 0.25) is 0 Å². The van der Waals surface area contributed by atoms with E-state index >= 15 is 0 Å². The fourth-order valence-corrected chi connectivity index (χ4v) is 5.37. The summed E-state index contributed by atoms with van der Waals surface area (Å²) in [5, 5.41) is 9.10. The number of aryl methyl sites for hydroxylation is 2. The highest BCUT2D eigenvalue weighted by molar-refractivity contribution is 6.34. The normalized spacial score (nSPS) is 12.7. The second-order valence-electron chi connectivity index (χ2n) is 10.2. The molecule has 0 atom stereocenters. The minimum Gasteiger partial charge on any atom is -0.449 e. The Morgan fingerprint density at radius 2 is 1.52 bits per heavy atom. The second-order valence-corrected chi connectivity index (χ2v) is 10.2. The van der Waals surface area contributed by atoms with E-state index in [0.717, 1.165) is 41.7 Å². The van der Waals surface area contributed by atoms with Crippen LogP contribution < -0.4 is 9.64 Å². The average molecular weight is 561 g/mol. The molecule has 0 saturated heterocycles. The van der Waals surface area contributed by atoms with E-state index < -0.39 is 6.16 Å². The Morgan fingerprint density at radius 3 is 2.17 bits per heavy atom. The summed E-state index contributed by atoms with van der Waals surface area (Å²) in [6.07, 6.45) is 1.34. The number of carbonyl (C=O) groups excluding carboxylic acids is 2. The predicted molar refractivity (Wildman–Crippen MR) is 158 cm³/mol. The number of ether oxygens (including phenoxy) is 1. The molecule has 0 aliphatic carbocycles. The highest BCUT2D eigenvalue weighted by Gasteiger charge is 2.37. The number of fused-ring (bicyclic) bond motifs is 2. The van der Waals surface area contributed by atoms with Gasteiger partial charge < -0.3 is 14.4 Å². The molecule has 9 heteroatoms. The number of unbranched alkanes of at least 4 members (excludes halogenated alkanes) is 1. The number of imidazole rings is 1. The van der Waals surface area contributed by atoms with Gasteiger partial charge in [0.2, 0.25) is 0 Å². The lowest BCUT2D eigenvalue weighted by molar-refractivity contribution is 0.0925. The fourth-order valence-electron chi connectivity index (χ4n) is 5.37. The number of hydrogen-bond donors (Lipinski definition) is 1. The molecule has 3 heterocycles. The first-order chi connectivity index (χ1) is 20.4. The van der Waals surface area contributed by atoms with Gasteiger partial charge in [0, 0.05) is 18.5 Å². The highest BCUT2D eigenvalue weighted by Crippen LogP contribution is 2.33. The zero-order chi connectivity index (χ0) is 29.4. The van der Waals surface area contributed by atoms with E-state index in [1.807, 2.05) is 42.5 Å². The van der Waals surface area contributed by atoms with Crippen LogP contribution in [-0.4, -0.2) is 37.6 Å². The standard InChI is InChI=1S/C33H28N4O5/c1-3-4-13-29-35-30-27(18-26(20(2)34-30)37-31(38)24-10-5-6-11-25(24)32(37)39)36(29)19-21-14-16-22(17-15-21)23-9-7-8-12-28(23)42-33(40)41/h5-12,14-18H,3-4,13,19H2,1-2H3,(H,40,41). The largest absolute Gasteiger partial charge is 0.511 e. The van der Waals surface area contributed by atoms with Crippen LogP contribution in [0.5, 0.6) is 5.75 Å². The van der Waals surface area contributed by atoms with E-state index in [-0.39, 0.29) is 17.6 Å². The first-order valence-electron chi connectivity index (χ1n) is 13.8. The Bertz CT molecular complexity index is 1820. The van der Waals surface area contributed by atoms with Gasteiger partial charge >= 0.3 is 6.16 Å². The first-order valence-corrected chi connectivity index (χ1v) is 13.8. The van der Waals surface area contributed by atoms with Crippen LogP contribution in [-0.2, 0) is 13.0 Å². The number of pyridine rings is 1. The molecule has 0 spiro atoms. The third-order valence-electron chi connectivity index (χ3n) is 7.46. The number of para-hydroxylation sites is 1. The smallest absolute Gasteiger partial charge is 0.449 e. The van der Waals surface area contributed by atoms with Crippen LogP contribution in [0.25, 0.3) is 22.3 Å². The lowest BCUT2D eigenvalue weighted by Gasteiger charge is -2.17. The predicted octanol–water partition coefficient (Wildman–Crippen LogP) is 6.66. The number of hydrogen-bond acceptors (Lipinski definition) is 6. The van der Waals surface area contributed by atoms with Gasteiger partial charge in [-0.05, 0) is 48.7 Å². The zero-order valence-corrected chi connectivity index (χ0v) is 23.2. The monoisotopic (exact) mass is 560 g/mol. The number of aromatic nitrogens is 3. The minimum atomic E-state index is -1.37. The molecule has 0 bridgehead atoms. The summed E-state index contributed by atoms with van der Waals surface area (Å²) in [7, 11) is 0. The Balaban J connectivity index is 1.38. The molecule has 0 fully saturated rings. The van der Waals surface area contributed by atoms with Gasteiger partial charge in [0.05, 0.1) is 28.0 Å². The van der Waals surface area contributed by atoms with Crippen molar-refractivity contribution < 1.29 is 24.2 Å². The molecule has 0 saturated carbocycles. The van der Waals surface area contributed by atoms with Crippen molar-refractivity contribution in [2.24, 2.45) is 0 Å². The van der Waals surface area contributed by atoms with Crippen LogP contribution in [0.1, 0.15) is 57.6 Å². The molecule has 2 amide bonds. The summed E-state index contributed by atoms with van der Waals surface area (Å²) in [6, 6.07) is 23.5. The number of benzene rings is 3. The fraction of sp³-hybridized carbons (Fsp3) is 0.182. The summed E-state index contributed by atoms with van der Waals surface area (Å²) in [6.45, 7) is 4.41. The number of amides is 2. The van der Waals surface area contributed by atoms with Gasteiger partial charge in [-0.3, -0.25) is 9.59 Å². The highest BCUT2D eigenvalue weighted by atomic mass is 16.7. The van der Waals surface area contributed by atoms with Crippen molar-refractivity contribution in [2.75, 3.05) is 4.90 Å². The summed E-state index contributed by atoms with van der Waals surface area (Å²) in [4.78, 5) is 48.5. The lowest BCUT2D eigenvalue weighted by Crippen LogP contribution is -2.30. The third kappa shape index (κ3) is 4.79. The van der Waals surface area contributed by atoms with Crippen molar-refractivity contribution in [3.05, 3.63) is 107 Å². The summed E-state index contributed by atoms with van der Waals surface area (Å²) in [5.74, 6) is 0.421. The molecule has 9 nitrogen and oxygen atoms in total. The number of carboxylic acid groups (broad SMARTS) is 1. The van der Waals surface area contributed by atoms with E-state index in [2.05, 4.69) is 11.5 Å². The van der Waals surface area contributed by atoms with Gasteiger partial charge in [-0.1, -0.05) is 67.9 Å². The number of carbonyl (C=O) groups is 3. The van der Waals surface area contributed by atoms with Gasteiger partial charge in [0.25, 0.3) is 11.8 Å². The van der Waals surface area contributed by atoms with E-state index in [4.69, 9.17) is 19.8 Å². The zero-order valence-electron chi connectivity index (χ0n) is 23.2. The molecule has 3 aromatic carbocycles. The molecular formula is C33H28N4O5. The molecule has 0 radical (unpaired) electrons. The maximum atomic E-state index is 13.3. The van der Waals surface area contributed by atoms with Crippen LogP contribution in [0.4, 0.5) is 10.5 Å². The van der Waals surface area contributed by atoms with Gasteiger partial charge in [0.15, 0.2) is 5.65 Å². The first kappa shape index (κ1) is 26.9. The minimum absolute atomic E-state index is 0.266. The molecule has 6 rings (SSSR count). The van der Waals surface area contributed by atoms with Crippen molar-refractivity contribution in [1.29, 1.82) is 0 Å². The van der Waals surface area contributed by atoms with E-state index in [1.54, 1.807) is 43.3 Å². The molecule has 1 N–H and O–H groups in total. The van der Waals surface area contributed by atoms with Crippen LogP contribution in [0, 0.1) is 6.92 Å². The Kier molecular flexibility index (Phi) is 7.00. The molecule has 210 valence electrons. The Labute approximate surface area is 242 Å². The number of imide groups is 1. The molecule has 2 aromatic heterocycles. The molecular weight excluding hydrogens is 532 g/mol. The van der Waals surface area contributed by atoms with Crippen LogP contribution in [0.15, 0.2) is 78.9 Å². The van der Waals surface area contributed by atoms with E-state index in [0.29, 0.717) is 40.3 Å². The van der Waals surface area contributed by atoms with Crippen molar-refractivity contribution in [1.82, 2.24) is 14.5 Å². The van der Waals surface area contributed by atoms with Crippen molar-refractivity contribution in [2.45, 2.75) is 39.7 Å². The molecule has 1 aliphatic heterocycles. The van der Waals surface area contributed by atoms with Gasteiger partial charge in [-0.2, -0.15) is 0 Å². The third-order valence-corrected chi connectivity index (χ3v) is 7.46. The topological polar surface area (TPSA) is 115 Å². The SMILES string of the molecule is CCCCc1nc2nc(C)c(N3C(=O)c4ccccc4C3=O)cc2n1Cc1ccc(-c2ccccc2OC(=O)O)cc1. The van der Waals surface area contributed by atoms with Gasteiger partial charge in [0.1, 0.15) is 11.6 Å². The lowest BCUT2D eigenvalue weighted by atomic mass is 10.0. The maximum Gasteiger partial charge on any atom is 0.511 e. The van der Waals surface area contributed by atoms with Gasteiger partial charge in [-0.15, -0.1) is 0 Å². The molecule has 42 heavy (non-hydrogen) atoms. The van der Waals surface area contributed by atoms with E-state index in [1.165, 1.54) is 4.90 Å². The number of nitrogens with zero attached hydrogens (tertiary/aromatic N) is 4. The number of rotatable bonds is 8. The van der Waals surface area contributed by atoms with Crippen molar-refractivity contribution in [3.63, 3.8) is 0 Å². The molecule has 0 unspecified atom stereocenters. The molecule has 1 aliphatic rings. The number of anilines is 1.